The zero-order chi connectivity index (χ0) is 48.9. The van der Waals surface area contributed by atoms with Crippen LogP contribution in [0.1, 0.15) is 34.6 Å². The van der Waals surface area contributed by atoms with Gasteiger partial charge in [0, 0.05) is 72.5 Å². The molecule has 2 atom stereocenters. The molecule has 8 aromatic rings. The third-order valence-electron chi connectivity index (χ3n) is 11.0. The fraction of sp³-hybridized carbons (Fsp3) is 0.160. The van der Waals surface area contributed by atoms with E-state index in [1.807, 2.05) is 26.0 Å². The highest BCUT2D eigenvalue weighted by Crippen LogP contribution is 2.39. The van der Waals surface area contributed by atoms with E-state index in [4.69, 9.17) is 26.8 Å². The first-order valence-electron chi connectivity index (χ1n) is 21.1. The first-order valence-corrected chi connectivity index (χ1v) is 21.5. The van der Waals surface area contributed by atoms with Gasteiger partial charge in [-0.2, -0.15) is 9.97 Å². The molecule has 0 bridgehead atoms. The molecule has 6 heterocycles. The van der Waals surface area contributed by atoms with Crippen molar-refractivity contribution in [3.05, 3.63) is 185 Å². The van der Waals surface area contributed by atoms with Crippen LogP contribution in [0.2, 0.25) is 5.28 Å². The molecular weight excluding hydrogens is 922 g/mol. The van der Waals surface area contributed by atoms with Crippen LogP contribution in [-0.2, 0) is 0 Å². The van der Waals surface area contributed by atoms with Gasteiger partial charge in [-0.05, 0) is 133 Å². The molecule has 69 heavy (non-hydrogen) atoms. The summed E-state index contributed by atoms with van der Waals surface area (Å²) >= 11 is 5.76. The van der Waals surface area contributed by atoms with E-state index in [2.05, 4.69) is 35.2 Å². The van der Waals surface area contributed by atoms with E-state index in [1.165, 1.54) is 48.8 Å². The summed E-state index contributed by atoms with van der Waals surface area (Å²) in [4.78, 5) is 28.4. The Morgan fingerprint density at radius 2 is 1.06 bits per heavy atom. The number of hydrogen-bond acceptors (Lipinski definition) is 12. The number of benzene rings is 4. The number of rotatable bonds is 6. The molecule has 0 radical (unpaired) electrons. The predicted octanol–water partition coefficient (Wildman–Crippen LogP) is 11.3. The third-order valence-corrected chi connectivity index (χ3v) is 11.2. The summed E-state index contributed by atoms with van der Waals surface area (Å²) < 4.78 is 93.8. The lowest BCUT2D eigenvalue weighted by Crippen LogP contribution is -2.34. The lowest BCUT2D eigenvalue weighted by molar-refractivity contribution is 0.264. The van der Waals surface area contributed by atoms with Crippen LogP contribution in [0.15, 0.2) is 122 Å². The molecule has 0 saturated carbocycles. The van der Waals surface area contributed by atoms with E-state index in [1.54, 1.807) is 72.7 Å². The van der Waals surface area contributed by atoms with Crippen LogP contribution in [0.3, 0.4) is 0 Å². The second-order valence-electron chi connectivity index (χ2n) is 15.9. The summed E-state index contributed by atoms with van der Waals surface area (Å²) in [6.07, 6.45) is 6.29. The van der Waals surface area contributed by atoms with Gasteiger partial charge in [0.1, 0.15) is 48.1 Å². The van der Waals surface area contributed by atoms with E-state index in [9.17, 15) is 26.3 Å². The van der Waals surface area contributed by atoms with Crippen LogP contribution in [0, 0.1) is 48.8 Å². The summed E-state index contributed by atoms with van der Waals surface area (Å²) in [5, 5.41) is 3.09. The van der Waals surface area contributed by atoms with Crippen molar-refractivity contribution in [1.82, 2.24) is 29.9 Å². The molecule has 10 rings (SSSR count). The van der Waals surface area contributed by atoms with E-state index in [0.29, 0.717) is 56.8 Å². The Morgan fingerprint density at radius 3 is 1.55 bits per heavy atom. The summed E-state index contributed by atoms with van der Waals surface area (Å²) in [6, 6.07) is 22.6. The lowest BCUT2D eigenvalue weighted by Gasteiger charge is -2.35. The number of anilines is 5. The number of nitrogens with one attached hydrogen (secondary N) is 1. The average molecular weight is 963 g/mol. The monoisotopic (exact) mass is 962 g/mol. The van der Waals surface area contributed by atoms with Crippen molar-refractivity contribution in [3.8, 4) is 33.8 Å². The highest BCUT2D eigenvalue weighted by atomic mass is 35.5. The van der Waals surface area contributed by atoms with Crippen molar-refractivity contribution in [2.45, 2.75) is 25.9 Å². The smallest absolute Gasteiger partial charge is 0.229 e. The minimum absolute atomic E-state index is 0.0882. The van der Waals surface area contributed by atoms with Gasteiger partial charge in [-0.25, -0.2) is 36.3 Å². The number of likely N-dealkylation sites (N-methyl/N-ethyl adjacent to an activating group) is 2. The highest BCUT2D eigenvalue weighted by molar-refractivity contribution is 6.28. The molecular formula is C50H41ClF6N10O2. The molecule has 352 valence electrons. The number of nitrogen functional groups attached to an aromatic ring is 1. The number of hydrogen-bond donors (Lipinski definition) is 2. The van der Waals surface area contributed by atoms with Crippen molar-refractivity contribution >= 4 is 40.6 Å². The molecule has 4 aromatic heterocycles. The second-order valence-corrected chi connectivity index (χ2v) is 16.3. The minimum atomic E-state index is -0.661. The van der Waals surface area contributed by atoms with Crippen molar-refractivity contribution in [2.24, 2.45) is 0 Å². The summed E-state index contributed by atoms with van der Waals surface area (Å²) in [7, 11) is 3.52. The van der Waals surface area contributed by atoms with Crippen molar-refractivity contribution in [2.75, 3.05) is 48.2 Å². The zero-order valence-electron chi connectivity index (χ0n) is 37.2. The van der Waals surface area contributed by atoms with Crippen LogP contribution < -0.4 is 30.3 Å². The molecule has 0 amide bonds. The van der Waals surface area contributed by atoms with Crippen LogP contribution in [0.25, 0.3) is 22.3 Å². The van der Waals surface area contributed by atoms with E-state index < -0.39 is 35.1 Å². The Bertz CT molecular complexity index is 3130. The SMILES string of the molecule is CN1c2nc(Cl)ncc2OCC1c1cc(F)cc(F)c1.Cc1cc(-c2ccc(N)cc2F)ccn1.Cc1cc(-c2ccc(Nc3ncc4c(n3)N(C)C(c3cc(F)cc(F)c3)CO4)cc2F)ccn1. The number of pyridine rings is 2. The third kappa shape index (κ3) is 11.2. The lowest BCUT2D eigenvalue weighted by atomic mass is 10.0. The van der Waals surface area contributed by atoms with Gasteiger partial charge >= 0.3 is 0 Å². The van der Waals surface area contributed by atoms with Crippen LogP contribution in [0.4, 0.5) is 55.3 Å². The number of nitrogens with zero attached hydrogens (tertiary/aromatic N) is 8. The normalized spacial score (nSPS) is 14.7. The van der Waals surface area contributed by atoms with Gasteiger partial charge in [0.15, 0.2) is 23.1 Å². The molecule has 0 spiro atoms. The Balaban J connectivity index is 0.000000155. The van der Waals surface area contributed by atoms with Gasteiger partial charge < -0.3 is 30.3 Å². The van der Waals surface area contributed by atoms with Crippen LogP contribution >= 0.6 is 11.6 Å². The largest absolute Gasteiger partial charge is 0.486 e. The Hall–Kier alpha value is -7.99. The van der Waals surface area contributed by atoms with Gasteiger partial charge in [-0.1, -0.05) is 0 Å². The number of nitrogens with two attached hydrogens (primary N) is 1. The first kappa shape index (κ1) is 47.5. The quantitative estimate of drug-likeness (QED) is 0.0931. The fourth-order valence-corrected chi connectivity index (χ4v) is 7.78. The average Bonchev–Trinajstić information content (AvgIpc) is 3.29. The Labute approximate surface area is 397 Å². The molecule has 2 unspecified atom stereocenters. The maximum atomic E-state index is 14.8. The van der Waals surface area contributed by atoms with Crippen molar-refractivity contribution in [1.29, 1.82) is 0 Å². The Morgan fingerprint density at radius 1 is 0.580 bits per heavy atom. The molecule has 12 nitrogen and oxygen atoms in total. The summed E-state index contributed by atoms with van der Waals surface area (Å²) in [6.45, 7) is 4.15. The molecule has 4 aromatic carbocycles. The molecule has 3 N–H and O–H groups in total. The zero-order valence-corrected chi connectivity index (χ0v) is 38.0. The van der Waals surface area contributed by atoms with Crippen LogP contribution in [0.5, 0.6) is 11.5 Å². The predicted molar refractivity (Wildman–Crippen MR) is 251 cm³/mol. The maximum Gasteiger partial charge on any atom is 0.229 e. The minimum Gasteiger partial charge on any atom is -0.486 e. The van der Waals surface area contributed by atoms with Crippen molar-refractivity contribution < 1.29 is 35.8 Å². The fourth-order valence-electron chi connectivity index (χ4n) is 7.65. The summed E-state index contributed by atoms with van der Waals surface area (Å²) in [5.74, 6) is -1.18. The van der Waals surface area contributed by atoms with Gasteiger partial charge in [-0.15, -0.1) is 0 Å². The standard InChI is InChI=1S/C25H20F3N5O.C13H10ClF2N3O.C12H11FN2/c1-14-7-15(5-6-29-14)20-4-3-19(11-21(20)28)31-25-30-12-23-24(32-25)33(2)22(13-34-23)16-8-17(26)10-18(27)9-16;1-19-10(7-2-8(15)4-9(16)3-7)6-20-11-5-17-13(14)18-12(11)19;1-8-6-9(4-5-15-8)11-3-2-10(14)7-12(11)13/h3-12,22H,13H2,1-2H3,(H,30,31,32);2-5,10H,6H2,1H3;2-7H,14H2,1H3. The van der Waals surface area contributed by atoms with E-state index in [0.717, 1.165) is 34.6 Å². The van der Waals surface area contributed by atoms with Gasteiger partial charge in [-0.3, -0.25) is 9.97 Å². The second kappa shape index (κ2) is 20.5. The number of fused-ring (bicyclic) bond motifs is 2. The van der Waals surface area contributed by atoms with Crippen molar-refractivity contribution in [3.63, 3.8) is 0 Å². The van der Waals surface area contributed by atoms with Gasteiger partial charge in [0.05, 0.1) is 24.5 Å². The number of halogens is 7. The summed E-state index contributed by atoms with van der Waals surface area (Å²) in [5.41, 5.74) is 11.5. The van der Waals surface area contributed by atoms with Gasteiger partial charge in [0.2, 0.25) is 11.2 Å². The maximum absolute atomic E-state index is 14.8. The Kier molecular flexibility index (Phi) is 14.1. The number of ether oxygens (including phenoxy) is 2. The molecule has 2 aliphatic heterocycles. The van der Waals surface area contributed by atoms with Crippen LogP contribution in [-0.4, -0.2) is 57.2 Å². The molecule has 0 saturated heterocycles. The first-order chi connectivity index (χ1) is 33.1. The number of aromatic nitrogens is 6. The molecule has 0 fully saturated rings. The van der Waals surface area contributed by atoms with E-state index >= 15 is 0 Å². The van der Waals surface area contributed by atoms with E-state index in [-0.39, 0.29) is 36.3 Å². The molecule has 0 aliphatic carbocycles. The molecule has 2 aliphatic rings. The highest BCUT2D eigenvalue weighted by Gasteiger charge is 2.30. The topological polar surface area (TPSA) is 140 Å². The number of aryl methyl sites for hydroxylation is 2. The molecule has 19 heteroatoms. The van der Waals surface area contributed by atoms with Gasteiger partial charge in [0.25, 0.3) is 0 Å².